The van der Waals surface area contributed by atoms with E-state index < -0.39 is 15.8 Å². The number of aromatic nitrogens is 2. The summed E-state index contributed by atoms with van der Waals surface area (Å²) in [5, 5.41) is 7.43. The lowest BCUT2D eigenvalue weighted by molar-refractivity contribution is 0.0697. The van der Waals surface area contributed by atoms with Crippen molar-refractivity contribution in [3.05, 3.63) is 66.3 Å². The molecule has 0 unspecified atom stereocenters. The van der Waals surface area contributed by atoms with Crippen molar-refractivity contribution in [1.29, 1.82) is 0 Å². The predicted molar refractivity (Wildman–Crippen MR) is 101 cm³/mol. The molecule has 0 saturated carbocycles. The maximum absolute atomic E-state index is 13.9. The fraction of sp³-hybridized carbons (Fsp3) is 0.211. The number of carbonyl (C=O) groups excluding carboxylic acids is 1. The van der Waals surface area contributed by atoms with Crippen molar-refractivity contribution in [2.45, 2.75) is 4.90 Å². The average molecular weight is 416 g/mol. The van der Waals surface area contributed by atoms with Gasteiger partial charge in [-0.15, -0.1) is 10.2 Å². The standard InChI is InChI=1S/C19H17FN4O4S/c20-16-3-1-2-4-17(16)29(26,27)24-11-9-23(10-12-24)19(25)15-7-5-14(6-8-15)18-22-21-13-28-18/h1-8,13H,9-12H2. The smallest absolute Gasteiger partial charge is 0.253 e. The monoisotopic (exact) mass is 416 g/mol. The molecular weight excluding hydrogens is 399 g/mol. The highest BCUT2D eigenvalue weighted by atomic mass is 32.2. The van der Waals surface area contributed by atoms with E-state index in [9.17, 15) is 17.6 Å². The van der Waals surface area contributed by atoms with E-state index in [2.05, 4.69) is 10.2 Å². The second-order valence-electron chi connectivity index (χ2n) is 6.45. The summed E-state index contributed by atoms with van der Waals surface area (Å²) in [6, 6.07) is 12.0. The molecule has 10 heteroatoms. The Morgan fingerprint density at radius 2 is 1.69 bits per heavy atom. The Kier molecular flexibility index (Phi) is 5.12. The Morgan fingerprint density at radius 3 is 2.31 bits per heavy atom. The van der Waals surface area contributed by atoms with Crippen LogP contribution in [0.1, 0.15) is 10.4 Å². The highest BCUT2D eigenvalue weighted by molar-refractivity contribution is 7.89. The van der Waals surface area contributed by atoms with Crippen LogP contribution in [0.2, 0.25) is 0 Å². The van der Waals surface area contributed by atoms with Crippen molar-refractivity contribution >= 4 is 15.9 Å². The summed E-state index contributed by atoms with van der Waals surface area (Å²) in [4.78, 5) is 14.0. The average Bonchev–Trinajstić information content (AvgIpc) is 3.28. The number of halogens is 1. The number of hydrogen-bond acceptors (Lipinski definition) is 6. The molecule has 0 aliphatic carbocycles. The van der Waals surface area contributed by atoms with E-state index >= 15 is 0 Å². The normalized spacial score (nSPS) is 15.4. The van der Waals surface area contributed by atoms with E-state index in [0.29, 0.717) is 17.0 Å². The van der Waals surface area contributed by atoms with Crippen LogP contribution in [0.5, 0.6) is 0 Å². The van der Waals surface area contributed by atoms with Gasteiger partial charge in [-0.25, -0.2) is 12.8 Å². The first-order chi connectivity index (χ1) is 14.0. The van der Waals surface area contributed by atoms with Crippen molar-refractivity contribution in [1.82, 2.24) is 19.4 Å². The summed E-state index contributed by atoms with van der Waals surface area (Å²) in [5.41, 5.74) is 1.17. The highest BCUT2D eigenvalue weighted by Crippen LogP contribution is 2.22. The van der Waals surface area contributed by atoms with Crippen LogP contribution in [0.3, 0.4) is 0 Å². The molecule has 3 aromatic rings. The van der Waals surface area contributed by atoms with Crippen molar-refractivity contribution in [2.75, 3.05) is 26.2 Å². The first kappa shape index (κ1) is 19.2. The van der Waals surface area contributed by atoms with Gasteiger partial charge >= 0.3 is 0 Å². The molecule has 1 saturated heterocycles. The molecule has 4 rings (SSSR count). The van der Waals surface area contributed by atoms with Gasteiger partial charge in [-0.05, 0) is 36.4 Å². The molecule has 0 bridgehead atoms. The van der Waals surface area contributed by atoms with E-state index in [1.54, 1.807) is 29.2 Å². The molecule has 0 radical (unpaired) electrons. The van der Waals surface area contributed by atoms with Crippen LogP contribution in [0.4, 0.5) is 4.39 Å². The number of rotatable bonds is 4. The Balaban J connectivity index is 1.43. The molecule has 1 aromatic heterocycles. The van der Waals surface area contributed by atoms with Gasteiger partial charge in [-0.3, -0.25) is 4.79 Å². The van der Waals surface area contributed by atoms with Gasteiger partial charge in [0.1, 0.15) is 10.7 Å². The maximum atomic E-state index is 13.9. The molecule has 150 valence electrons. The highest BCUT2D eigenvalue weighted by Gasteiger charge is 2.32. The van der Waals surface area contributed by atoms with Crippen molar-refractivity contribution in [3.63, 3.8) is 0 Å². The van der Waals surface area contributed by atoms with E-state index in [4.69, 9.17) is 4.42 Å². The zero-order valence-corrected chi connectivity index (χ0v) is 16.0. The minimum Gasteiger partial charge on any atom is -0.423 e. The Hall–Kier alpha value is -3.11. The fourth-order valence-electron chi connectivity index (χ4n) is 3.16. The lowest BCUT2D eigenvalue weighted by atomic mass is 10.1. The number of hydrogen-bond donors (Lipinski definition) is 0. The van der Waals surface area contributed by atoms with Crippen LogP contribution in [0, 0.1) is 5.82 Å². The summed E-state index contributed by atoms with van der Waals surface area (Å²) in [6.07, 6.45) is 1.23. The molecular formula is C19H17FN4O4S. The number of piperazine rings is 1. The summed E-state index contributed by atoms with van der Waals surface area (Å²) in [6.45, 7) is 0.640. The lowest BCUT2D eigenvalue weighted by Crippen LogP contribution is -2.50. The first-order valence-corrected chi connectivity index (χ1v) is 10.3. The Bertz CT molecular complexity index is 1110. The molecule has 1 fully saturated rings. The van der Waals surface area contributed by atoms with E-state index in [0.717, 1.165) is 6.07 Å². The van der Waals surface area contributed by atoms with Gasteiger partial charge in [-0.1, -0.05) is 12.1 Å². The third-order valence-corrected chi connectivity index (χ3v) is 6.65. The molecule has 0 atom stereocenters. The fourth-order valence-corrected chi connectivity index (χ4v) is 4.65. The maximum Gasteiger partial charge on any atom is 0.253 e. The largest absolute Gasteiger partial charge is 0.423 e. The molecule has 1 aliphatic heterocycles. The third-order valence-electron chi connectivity index (χ3n) is 4.72. The van der Waals surface area contributed by atoms with Crippen LogP contribution in [0.15, 0.2) is 64.2 Å². The van der Waals surface area contributed by atoms with Crippen LogP contribution in [-0.4, -0.2) is 59.9 Å². The van der Waals surface area contributed by atoms with Gasteiger partial charge in [0.2, 0.25) is 22.3 Å². The summed E-state index contributed by atoms with van der Waals surface area (Å²) in [7, 11) is -3.94. The number of sulfonamides is 1. The molecule has 2 heterocycles. The van der Waals surface area contributed by atoms with Crippen molar-refractivity contribution < 1.29 is 22.0 Å². The molecule has 29 heavy (non-hydrogen) atoms. The summed E-state index contributed by atoms with van der Waals surface area (Å²) >= 11 is 0. The SMILES string of the molecule is O=C(c1ccc(-c2nnco2)cc1)N1CCN(S(=O)(=O)c2ccccc2F)CC1. The zero-order chi connectivity index (χ0) is 20.4. The lowest BCUT2D eigenvalue weighted by Gasteiger charge is -2.34. The Labute approximate surface area is 166 Å². The molecule has 0 N–H and O–H groups in total. The number of amides is 1. The van der Waals surface area contributed by atoms with E-state index in [1.165, 1.54) is 28.9 Å². The molecule has 8 nitrogen and oxygen atoms in total. The summed E-state index contributed by atoms with van der Waals surface area (Å²) in [5.74, 6) is -0.631. The van der Waals surface area contributed by atoms with Gasteiger partial charge in [0.05, 0.1) is 0 Å². The van der Waals surface area contributed by atoms with Gasteiger partial charge in [0, 0.05) is 37.3 Å². The first-order valence-electron chi connectivity index (χ1n) is 8.87. The van der Waals surface area contributed by atoms with Gasteiger partial charge in [0.25, 0.3) is 5.91 Å². The van der Waals surface area contributed by atoms with E-state index in [1.807, 2.05) is 0 Å². The second kappa shape index (κ2) is 7.72. The van der Waals surface area contributed by atoms with Crippen LogP contribution < -0.4 is 0 Å². The van der Waals surface area contributed by atoms with E-state index in [-0.39, 0.29) is 37.0 Å². The number of benzene rings is 2. The van der Waals surface area contributed by atoms with Crippen LogP contribution in [0.25, 0.3) is 11.5 Å². The predicted octanol–water partition coefficient (Wildman–Crippen LogP) is 2.02. The molecule has 1 amide bonds. The number of nitrogens with zero attached hydrogens (tertiary/aromatic N) is 4. The van der Waals surface area contributed by atoms with Crippen molar-refractivity contribution in [2.24, 2.45) is 0 Å². The van der Waals surface area contributed by atoms with Gasteiger partial charge in [0.15, 0.2) is 0 Å². The molecule has 1 aliphatic rings. The van der Waals surface area contributed by atoms with Crippen LogP contribution in [-0.2, 0) is 10.0 Å². The molecule has 2 aromatic carbocycles. The van der Waals surface area contributed by atoms with Crippen LogP contribution >= 0.6 is 0 Å². The molecule has 0 spiro atoms. The zero-order valence-electron chi connectivity index (χ0n) is 15.2. The topological polar surface area (TPSA) is 96.6 Å². The quantitative estimate of drug-likeness (QED) is 0.646. The number of carbonyl (C=O) groups is 1. The second-order valence-corrected chi connectivity index (χ2v) is 8.35. The Morgan fingerprint density at radius 1 is 1.00 bits per heavy atom. The van der Waals surface area contributed by atoms with Gasteiger partial charge in [-0.2, -0.15) is 4.31 Å². The third kappa shape index (κ3) is 3.76. The van der Waals surface area contributed by atoms with Crippen molar-refractivity contribution in [3.8, 4) is 11.5 Å². The minimum atomic E-state index is -3.94. The summed E-state index contributed by atoms with van der Waals surface area (Å²) < 4.78 is 45.6. The van der Waals surface area contributed by atoms with Gasteiger partial charge < -0.3 is 9.32 Å². The minimum absolute atomic E-state index is 0.0997.